The lowest BCUT2D eigenvalue weighted by Crippen LogP contribution is -2.44. The summed E-state index contributed by atoms with van der Waals surface area (Å²) in [5.41, 5.74) is 1.17. The van der Waals surface area contributed by atoms with E-state index < -0.39 is 0 Å². The van der Waals surface area contributed by atoms with E-state index in [0.29, 0.717) is 6.04 Å². The number of guanidine groups is 1. The Morgan fingerprint density at radius 3 is 2.41 bits per heavy atom. The number of pyridine rings is 1. The van der Waals surface area contributed by atoms with Gasteiger partial charge in [-0.1, -0.05) is 19.9 Å². The van der Waals surface area contributed by atoms with Gasteiger partial charge in [-0.05, 0) is 44.4 Å². The van der Waals surface area contributed by atoms with Crippen molar-refractivity contribution in [3.8, 4) is 0 Å². The Hall–Kier alpha value is -1.09. The number of halogens is 1. The number of aromatic nitrogens is 1. The number of aliphatic imine (C=N–C) groups is 1. The van der Waals surface area contributed by atoms with Gasteiger partial charge in [-0.3, -0.25) is 4.99 Å². The van der Waals surface area contributed by atoms with Crippen molar-refractivity contribution in [1.82, 2.24) is 20.5 Å². The van der Waals surface area contributed by atoms with Crippen molar-refractivity contribution in [2.45, 2.75) is 46.2 Å². The zero-order chi connectivity index (χ0) is 18.9. The average molecular weight is 488 g/mol. The fraction of sp³-hybridized carbons (Fsp3) is 0.700. The molecule has 1 fully saturated rings. The minimum Gasteiger partial charge on any atom is -0.354 e. The Morgan fingerprint density at radius 1 is 1.15 bits per heavy atom. The van der Waals surface area contributed by atoms with Crippen LogP contribution in [0, 0.1) is 5.92 Å². The van der Waals surface area contributed by atoms with Crippen molar-refractivity contribution in [3.63, 3.8) is 0 Å². The summed E-state index contributed by atoms with van der Waals surface area (Å²) in [6.07, 6.45) is 4.35. The number of rotatable bonds is 7. The van der Waals surface area contributed by atoms with Crippen LogP contribution in [-0.2, 0) is 6.54 Å². The first-order chi connectivity index (χ1) is 12.5. The molecule has 1 aliphatic heterocycles. The summed E-state index contributed by atoms with van der Waals surface area (Å²) in [7, 11) is 3.99. The van der Waals surface area contributed by atoms with Gasteiger partial charge in [0, 0.05) is 52.0 Å². The molecule has 0 bridgehead atoms. The molecule has 1 saturated heterocycles. The SMILES string of the molecule is CN=C(NCc1ccc(N2CCN(C)CC2)nc1)NC(C)CCC(C)C.I. The summed E-state index contributed by atoms with van der Waals surface area (Å²) in [6, 6.07) is 4.70. The number of piperazine rings is 1. The van der Waals surface area contributed by atoms with Gasteiger partial charge in [0.15, 0.2) is 5.96 Å². The Labute approximate surface area is 182 Å². The molecule has 0 aliphatic carbocycles. The molecule has 0 radical (unpaired) electrons. The summed E-state index contributed by atoms with van der Waals surface area (Å²) in [5, 5.41) is 6.85. The maximum atomic E-state index is 4.65. The van der Waals surface area contributed by atoms with E-state index in [4.69, 9.17) is 0 Å². The second-order valence-electron chi connectivity index (χ2n) is 7.76. The minimum atomic E-state index is 0. The first-order valence-electron chi connectivity index (χ1n) is 9.83. The van der Waals surface area contributed by atoms with Crippen molar-refractivity contribution in [1.29, 1.82) is 0 Å². The van der Waals surface area contributed by atoms with Crippen LogP contribution in [0.15, 0.2) is 23.3 Å². The molecule has 7 heteroatoms. The van der Waals surface area contributed by atoms with Gasteiger partial charge in [-0.15, -0.1) is 24.0 Å². The molecule has 6 nitrogen and oxygen atoms in total. The van der Waals surface area contributed by atoms with E-state index >= 15 is 0 Å². The van der Waals surface area contributed by atoms with Crippen LogP contribution in [0.1, 0.15) is 39.2 Å². The molecule has 2 heterocycles. The van der Waals surface area contributed by atoms with Gasteiger partial charge in [0.1, 0.15) is 5.82 Å². The normalized spacial score (nSPS) is 16.8. The lowest BCUT2D eigenvalue weighted by atomic mass is 10.0. The number of nitrogens with one attached hydrogen (secondary N) is 2. The van der Waals surface area contributed by atoms with Crippen molar-refractivity contribution in [2.24, 2.45) is 10.9 Å². The summed E-state index contributed by atoms with van der Waals surface area (Å²) >= 11 is 0. The van der Waals surface area contributed by atoms with Crippen molar-refractivity contribution < 1.29 is 0 Å². The van der Waals surface area contributed by atoms with E-state index in [9.17, 15) is 0 Å². The van der Waals surface area contributed by atoms with Crippen LogP contribution in [-0.4, -0.2) is 62.2 Å². The first-order valence-corrected chi connectivity index (χ1v) is 9.83. The molecule has 1 aromatic rings. The van der Waals surface area contributed by atoms with E-state index in [2.05, 4.69) is 70.4 Å². The quantitative estimate of drug-likeness (QED) is 0.351. The fourth-order valence-electron chi connectivity index (χ4n) is 3.01. The summed E-state index contributed by atoms with van der Waals surface area (Å²) in [5.74, 6) is 2.66. The first kappa shape index (κ1) is 23.9. The third kappa shape index (κ3) is 8.64. The molecule has 154 valence electrons. The molecule has 0 amide bonds. The Balaban J connectivity index is 0.00000364. The second-order valence-corrected chi connectivity index (χ2v) is 7.76. The standard InChI is InChI=1S/C20H36N6.HI/c1-16(2)6-7-17(3)24-20(21-4)23-15-18-8-9-19(22-14-18)26-12-10-25(5)11-13-26;/h8-9,14,16-17H,6-7,10-13,15H2,1-5H3,(H2,21,23,24);1H. The highest BCUT2D eigenvalue weighted by molar-refractivity contribution is 14.0. The number of hydrogen-bond acceptors (Lipinski definition) is 4. The molecule has 0 saturated carbocycles. The molecule has 27 heavy (non-hydrogen) atoms. The Kier molecular flexibility index (Phi) is 11.0. The van der Waals surface area contributed by atoms with Crippen molar-refractivity contribution in [3.05, 3.63) is 23.9 Å². The largest absolute Gasteiger partial charge is 0.354 e. The highest BCUT2D eigenvalue weighted by atomic mass is 127. The molecule has 2 N–H and O–H groups in total. The zero-order valence-electron chi connectivity index (χ0n) is 17.5. The number of anilines is 1. The van der Waals surface area contributed by atoms with Crippen molar-refractivity contribution in [2.75, 3.05) is 45.2 Å². The summed E-state index contributed by atoms with van der Waals surface area (Å²) in [6.45, 7) is 11.8. The average Bonchev–Trinajstić information content (AvgIpc) is 2.64. The van der Waals surface area contributed by atoms with Gasteiger partial charge in [0.25, 0.3) is 0 Å². The van der Waals surface area contributed by atoms with Gasteiger partial charge >= 0.3 is 0 Å². The van der Waals surface area contributed by atoms with Gasteiger partial charge in [-0.2, -0.15) is 0 Å². The highest BCUT2D eigenvalue weighted by Gasteiger charge is 2.15. The molecule has 1 aliphatic rings. The maximum Gasteiger partial charge on any atom is 0.191 e. The highest BCUT2D eigenvalue weighted by Crippen LogP contribution is 2.13. The van der Waals surface area contributed by atoms with Gasteiger partial charge in [0.2, 0.25) is 0 Å². The van der Waals surface area contributed by atoms with E-state index in [1.165, 1.54) is 12.0 Å². The molecule has 2 rings (SSSR count). The summed E-state index contributed by atoms with van der Waals surface area (Å²) < 4.78 is 0. The van der Waals surface area contributed by atoms with Crippen LogP contribution in [0.5, 0.6) is 0 Å². The molecular weight excluding hydrogens is 451 g/mol. The van der Waals surface area contributed by atoms with Crippen LogP contribution in [0.25, 0.3) is 0 Å². The zero-order valence-corrected chi connectivity index (χ0v) is 19.9. The molecule has 1 atom stereocenters. The van der Waals surface area contributed by atoms with Crippen LogP contribution in [0.3, 0.4) is 0 Å². The van der Waals surface area contributed by atoms with Gasteiger partial charge in [-0.25, -0.2) is 4.98 Å². The fourth-order valence-corrected chi connectivity index (χ4v) is 3.01. The Morgan fingerprint density at radius 2 is 1.85 bits per heavy atom. The molecule has 0 aromatic carbocycles. The van der Waals surface area contributed by atoms with Crippen LogP contribution in [0.2, 0.25) is 0 Å². The predicted molar refractivity (Wildman–Crippen MR) is 126 cm³/mol. The predicted octanol–water partition coefficient (Wildman–Crippen LogP) is 2.94. The monoisotopic (exact) mass is 488 g/mol. The van der Waals surface area contributed by atoms with E-state index in [-0.39, 0.29) is 24.0 Å². The minimum absolute atomic E-state index is 0. The third-order valence-corrected chi connectivity index (χ3v) is 4.88. The Bertz CT molecular complexity index is 552. The number of likely N-dealkylation sites (N-methyl/N-ethyl adjacent to an activating group) is 1. The van der Waals surface area contributed by atoms with Gasteiger partial charge in [0.05, 0.1) is 0 Å². The lowest BCUT2D eigenvalue weighted by Gasteiger charge is -2.33. The smallest absolute Gasteiger partial charge is 0.191 e. The van der Waals surface area contributed by atoms with Crippen LogP contribution in [0.4, 0.5) is 5.82 Å². The second kappa shape index (κ2) is 12.4. The van der Waals surface area contributed by atoms with Crippen LogP contribution >= 0.6 is 24.0 Å². The molecule has 1 aromatic heterocycles. The molecule has 0 spiro atoms. The number of hydrogen-bond donors (Lipinski definition) is 2. The van der Waals surface area contributed by atoms with Gasteiger partial charge < -0.3 is 20.4 Å². The van der Waals surface area contributed by atoms with E-state index in [1.54, 1.807) is 0 Å². The third-order valence-electron chi connectivity index (χ3n) is 4.88. The molecule has 1 unspecified atom stereocenters. The number of nitrogens with zero attached hydrogens (tertiary/aromatic N) is 4. The van der Waals surface area contributed by atoms with Crippen molar-refractivity contribution >= 4 is 35.8 Å². The lowest BCUT2D eigenvalue weighted by molar-refractivity contribution is 0.312. The van der Waals surface area contributed by atoms with E-state index in [0.717, 1.165) is 56.8 Å². The van der Waals surface area contributed by atoms with Crippen LogP contribution < -0.4 is 15.5 Å². The topological polar surface area (TPSA) is 55.8 Å². The maximum absolute atomic E-state index is 4.65. The van der Waals surface area contributed by atoms with E-state index in [1.807, 2.05) is 13.2 Å². The molecular formula is C20H37IN6. The summed E-state index contributed by atoms with van der Waals surface area (Å²) in [4.78, 5) is 13.7.